The number of amides is 1. The van der Waals surface area contributed by atoms with Gasteiger partial charge in [-0.2, -0.15) is 0 Å². The standard InChI is InChI=1S/C30H54N2O/c1-20(2)7-6-8-21(3)25-11-12-26-24-10-9-22-19-23(32-28(33)15-18-31)13-16-29(22,4)27(24)14-17-30(25,26)5/h20-27H,6-19,31H2,1-5H3,(H,32,33)/t21-,22?,23-,24+,25-,26+,27+,29+,30-/m1/s1. The summed E-state index contributed by atoms with van der Waals surface area (Å²) in [6.07, 6.45) is 17.2. The lowest BCUT2D eigenvalue weighted by Crippen LogP contribution is -2.55. The van der Waals surface area contributed by atoms with Crippen molar-refractivity contribution in [1.29, 1.82) is 0 Å². The van der Waals surface area contributed by atoms with Crippen LogP contribution in [0.15, 0.2) is 0 Å². The van der Waals surface area contributed by atoms with Gasteiger partial charge in [0.15, 0.2) is 0 Å². The minimum atomic E-state index is 0.160. The minimum absolute atomic E-state index is 0.160. The number of carbonyl (C=O) groups is 1. The highest BCUT2D eigenvalue weighted by Crippen LogP contribution is 2.68. The summed E-state index contributed by atoms with van der Waals surface area (Å²) in [7, 11) is 0. The average Bonchev–Trinajstić information content (AvgIpc) is 3.11. The van der Waals surface area contributed by atoms with E-state index in [-0.39, 0.29) is 5.91 Å². The predicted octanol–water partition coefficient (Wildman–Crippen LogP) is 6.94. The number of nitrogens with one attached hydrogen (secondary N) is 1. The van der Waals surface area contributed by atoms with Gasteiger partial charge in [-0.15, -0.1) is 0 Å². The Morgan fingerprint density at radius 1 is 0.939 bits per heavy atom. The fourth-order valence-electron chi connectivity index (χ4n) is 9.84. The van der Waals surface area contributed by atoms with Crippen molar-refractivity contribution in [1.82, 2.24) is 5.32 Å². The molecule has 0 radical (unpaired) electrons. The highest BCUT2D eigenvalue weighted by atomic mass is 16.1. The summed E-state index contributed by atoms with van der Waals surface area (Å²) in [5, 5.41) is 3.31. The van der Waals surface area contributed by atoms with Crippen molar-refractivity contribution in [2.75, 3.05) is 6.54 Å². The van der Waals surface area contributed by atoms with Crippen LogP contribution >= 0.6 is 0 Å². The van der Waals surface area contributed by atoms with Crippen molar-refractivity contribution >= 4 is 5.91 Å². The molecule has 0 aliphatic heterocycles. The van der Waals surface area contributed by atoms with Gasteiger partial charge in [-0.05, 0) is 110 Å². The smallest absolute Gasteiger partial charge is 0.221 e. The summed E-state index contributed by atoms with van der Waals surface area (Å²) in [4.78, 5) is 12.1. The molecule has 0 spiro atoms. The molecule has 9 atom stereocenters. The second-order valence-electron chi connectivity index (χ2n) is 13.8. The zero-order chi connectivity index (χ0) is 23.8. The van der Waals surface area contributed by atoms with E-state index >= 15 is 0 Å². The lowest BCUT2D eigenvalue weighted by atomic mass is 9.44. The molecule has 4 saturated carbocycles. The molecule has 0 bridgehead atoms. The lowest BCUT2D eigenvalue weighted by Gasteiger charge is -2.61. The molecule has 4 fully saturated rings. The van der Waals surface area contributed by atoms with Crippen LogP contribution in [0.4, 0.5) is 0 Å². The molecule has 1 unspecified atom stereocenters. The van der Waals surface area contributed by atoms with Crippen LogP contribution < -0.4 is 11.1 Å². The van der Waals surface area contributed by atoms with Gasteiger partial charge in [0.25, 0.3) is 0 Å². The van der Waals surface area contributed by atoms with Crippen LogP contribution in [-0.2, 0) is 4.79 Å². The summed E-state index contributed by atoms with van der Waals surface area (Å²) in [5.74, 6) is 6.50. The highest BCUT2D eigenvalue weighted by molar-refractivity contribution is 5.76. The van der Waals surface area contributed by atoms with Crippen LogP contribution in [0.3, 0.4) is 0 Å². The summed E-state index contributed by atoms with van der Waals surface area (Å²) in [5.41, 5.74) is 6.68. The molecule has 4 aliphatic carbocycles. The first-order chi connectivity index (χ1) is 15.7. The van der Waals surface area contributed by atoms with Gasteiger partial charge < -0.3 is 11.1 Å². The summed E-state index contributed by atoms with van der Waals surface area (Å²) >= 11 is 0. The monoisotopic (exact) mass is 458 g/mol. The van der Waals surface area contributed by atoms with Gasteiger partial charge in [0.1, 0.15) is 0 Å². The third-order valence-electron chi connectivity index (χ3n) is 11.6. The Hall–Kier alpha value is -0.570. The normalized spacial score (nSPS) is 43.5. The van der Waals surface area contributed by atoms with E-state index in [1.165, 1.54) is 77.0 Å². The molecule has 1 amide bonds. The fourth-order valence-corrected chi connectivity index (χ4v) is 9.84. The molecule has 0 aromatic carbocycles. The van der Waals surface area contributed by atoms with Crippen molar-refractivity contribution in [3.05, 3.63) is 0 Å². The van der Waals surface area contributed by atoms with E-state index in [0.717, 1.165) is 41.4 Å². The van der Waals surface area contributed by atoms with Crippen molar-refractivity contribution < 1.29 is 4.79 Å². The van der Waals surface area contributed by atoms with Gasteiger partial charge in [0.2, 0.25) is 5.91 Å². The number of hydrogen-bond acceptors (Lipinski definition) is 2. The number of carbonyl (C=O) groups excluding carboxylic acids is 1. The molecular formula is C30H54N2O. The number of nitrogens with two attached hydrogens (primary N) is 1. The van der Waals surface area contributed by atoms with E-state index < -0.39 is 0 Å². The zero-order valence-corrected chi connectivity index (χ0v) is 22.5. The van der Waals surface area contributed by atoms with Crippen molar-refractivity contribution in [3.63, 3.8) is 0 Å². The molecule has 4 aliphatic rings. The maximum Gasteiger partial charge on any atom is 0.221 e. The van der Waals surface area contributed by atoms with Gasteiger partial charge in [0, 0.05) is 19.0 Å². The fraction of sp³-hybridized carbons (Fsp3) is 0.967. The van der Waals surface area contributed by atoms with E-state index in [0.29, 0.717) is 29.8 Å². The van der Waals surface area contributed by atoms with E-state index in [4.69, 9.17) is 5.73 Å². The average molecular weight is 459 g/mol. The van der Waals surface area contributed by atoms with Crippen molar-refractivity contribution in [2.45, 2.75) is 124 Å². The maximum atomic E-state index is 12.1. The third kappa shape index (κ3) is 4.91. The Balaban J connectivity index is 1.40. The van der Waals surface area contributed by atoms with Crippen LogP contribution in [0.2, 0.25) is 0 Å². The molecular weight excluding hydrogens is 404 g/mol. The molecule has 3 N–H and O–H groups in total. The van der Waals surface area contributed by atoms with Crippen molar-refractivity contribution in [2.24, 2.45) is 58.0 Å². The Morgan fingerprint density at radius 3 is 2.39 bits per heavy atom. The van der Waals surface area contributed by atoms with Gasteiger partial charge in [-0.3, -0.25) is 4.79 Å². The molecule has 0 aromatic heterocycles. The lowest BCUT2D eigenvalue weighted by molar-refractivity contribution is -0.127. The molecule has 190 valence electrons. The third-order valence-corrected chi connectivity index (χ3v) is 11.6. The maximum absolute atomic E-state index is 12.1. The van der Waals surface area contributed by atoms with E-state index in [1.807, 2.05) is 0 Å². The Kier molecular flexibility index (Phi) is 7.88. The summed E-state index contributed by atoms with van der Waals surface area (Å²) in [6.45, 7) is 13.2. The number of rotatable bonds is 8. The quantitative estimate of drug-likeness (QED) is 0.414. The minimum Gasteiger partial charge on any atom is -0.353 e. The molecule has 3 nitrogen and oxygen atoms in total. The van der Waals surface area contributed by atoms with Crippen LogP contribution in [0.5, 0.6) is 0 Å². The summed E-state index contributed by atoms with van der Waals surface area (Å²) < 4.78 is 0. The molecule has 4 rings (SSSR count). The number of fused-ring (bicyclic) bond motifs is 5. The molecule has 0 heterocycles. The van der Waals surface area contributed by atoms with E-state index in [9.17, 15) is 4.79 Å². The van der Waals surface area contributed by atoms with Gasteiger partial charge in [-0.1, -0.05) is 53.9 Å². The van der Waals surface area contributed by atoms with E-state index in [1.54, 1.807) is 0 Å². The molecule has 33 heavy (non-hydrogen) atoms. The Labute approximate surface area is 204 Å². The topological polar surface area (TPSA) is 55.1 Å². The largest absolute Gasteiger partial charge is 0.353 e. The SMILES string of the molecule is CC(C)CCC[C@@H](C)[C@H]1CC[C@H]2[C@@H]3CCC4C[C@H](NC(=O)CCN)CC[C@]4(C)[C@H]3CC[C@]12C. The molecule has 0 saturated heterocycles. The second kappa shape index (κ2) is 10.2. The first-order valence-corrected chi connectivity index (χ1v) is 14.7. The van der Waals surface area contributed by atoms with Crippen molar-refractivity contribution in [3.8, 4) is 0 Å². The highest BCUT2D eigenvalue weighted by Gasteiger charge is 2.60. The summed E-state index contributed by atoms with van der Waals surface area (Å²) in [6, 6.07) is 0.384. The van der Waals surface area contributed by atoms with Crippen LogP contribution in [0.25, 0.3) is 0 Å². The van der Waals surface area contributed by atoms with Gasteiger partial charge in [-0.25, -0.2) is 0 Å². The second-order valence-corrected chi connectivity index (χ2v) is 13.8. The zero-order valence-electron chi connectivity index (χ0n) is 22.5. The van der Waals surface area contributed by atoms with Crippen LogP contribution in [0.1, 0.15) is 118 Å². The van der Waals surface area contributed by atoms with Crippen LogP contribution in [0, 0.1) is 52.3 Å². The van der Waals surface area contributed by atoms with E-state index in [2.05, 4.69) is 39.9 Å². The molecule has 3 heteroatoms. The molecule has 0 aromatic rings. The first kappa shape index (κ1) is 25.5. The predicted molar refractivity (Wildman–Crippen MR) is 139 cm³/mol. The Morgan fingerprint density at radius 2 is 1.67 bits per heavy atom. The Bertz CT molecular complexity index is 676. The van der Waals surface area contributed by atoms with Gasteiger partial charge >= 0.3 is 0 Å². The first-order valence-electron chi connectivity index (χ1n) is 14.7. The van der Waals surface area contributed by atoms with Gasteiger partial charge in [0.05, 0.1) is 0 Å². The number of hydrogen-bond donors (Lipinski definition) is 2. The van der Waals surface area contributed by atoms with Crippen LogP contribution in [-0.4, -0.2) is 18.5 Å².